The molecule has 1 rings (SSSR count). The molecule has 0 spiro atoms. The summed E-state index contributed by atoms with van der Waals surface area (Å²) in [7, 11) is 0. The monoisotopic (exact) mass is 269 g/mol. The van der Waals surface area contributed by atoms with Crippen molar-refractivity contribution in [2.75, 3.05) is 13.1 Å². The maximum atomic E-state index is 9.84. The standard InChI is InChI=1S/C17H35NO/c1-13(2)10-16(19)12-18-11-14-6-8-15(9-7-14)17(3,4)5/h13-16,18-19H,6-12H2,1-5H3. The van der Waals surface area contributed by atoms with E-state index in [2.05, 4.69) is 39.9 Å². The molecule has 0 aromatic rings. The van der Waals surface area contributed by atoms with Crippen LogP contribution in [0.15, 0.2) is 0 Å². The number of aliphatic hydroxyl groups is 1. The van der Waals surface area contributed by atoms with Crippen molar-refractivity contribution >= 4 is 0 Å². The van der Waals surface area contributed by atoms with Crippen molar-refractivity contribution in [3.05, 3.63) is 0 Å². The van der Waals surface area contributed by atoms with Gasteiger partial charge in [-0.1, -0.05) is 34.6 Å². The molecule has 1 atom stereocenters. The first-order valence-corrected chi connectivity index (χ1v) is 8.17. The zero-order chi connectivity index (χ0) is 14.5. The van der Waals surface area contributed by atoms with E-state index in [1.54, 1.807) is 0 Å². The van der Waals surface area contributed by atoms with Gasteiger partial charge in [-0.3, -0.25) is 0 Å². The predicted octanol–water partition coefficient (Wildman–Crippen LogP) is 3.84. The van der Waals surface area contributed by atoms with Crippen LogP contribution in [0.5, 0.6) is 0 Å². The summed E-state index contributed by atoms with van der Waals surface area (Å²) >= 11 is 0. The first kappa shape index (κ1) is 17.0. The van der Waals surface area contributed by atoms with E-state index < -0.39 is 0 Å². The fourth-order valence-corrected chi connectivity index (χ4v) is 3.31. The van der Waals surface area contributed by atoms with Gasteiger partial charge in [0.25, 0.3) is 0 Å². The van der Waals surface area contributed by atoms with E-state index in [1.807, 2.05) is 0 Å². The molecule has 0 radical (unpaired) electrons. The van der Waals surface area contributed by atoms with Crippen molar-refractivity contribution in [1.82, 2.24) is 5.32 Å². The Hall–Kier alpha value is -0.0800. The van der Waals surface area contributed by atoms with Crippen LogP contribution in [0.2, 0.25) is 0 Å². The third kappa shape index (κ3) is 6.76. The topological polar surface area (TPSA) is 32.3 Å². The first-order valence-electron chi connectivity index (χ1n) is 8.17. The lowest BCUT2D eigenvalue weighted by atomic mass is 9.70. The van der Waals surface area contributed by atoms with Crippen molar-refractivity contribution in [3.8, 4) is 0 Å². The second-order valence-electron chi connectivity index (χ2n) is 8.03. The molecule has 1 fully saturated rings. The molecule has 1 saturated carbocycles. The molecule has 1 aliphatic rings. The molecule has 1 unspecified atom stereocenters. The average molecular weight is 269 g/mol. The SMILES string of the molecule is CC(C)CC(O)CNCC1CCC(C(C)(C)C)CC1. The quantitative estimate of drug-likeness (QED) is 0.768. The molecule has 114 valence electrons. The van der Waals surface area contributed by atoms with Gasteiger partial charge in [-0.25, -0.2) is 0 Å². The lowest BCUT2D eigenvalue weighted by Crippen LogP contribution is -2.34. The Kier molecular flexibility index (Phi) is 6.82. The minimum Gasteiger partial charge on any atom is -0.392 e. The molecule has 0 aliphatic heterocycles. The molecule has 0 saturated heterocycles. The maximum Gasteiger partial charge on any atom is 0.0667 e. The Morgan fingerprint density at radius 2 is 1.68 bits per heavy atom. The molecule has 2 heteroatoms. The van der Waals surface area contributed by atoms with E-state index in [-0.39, 0.29) is 6.10 Å². The molecule has 0 aromatic heterocycles. The lowest BCUT2D eigenvalue weighted by Gasteiger charge is -2.37. The van der Waals surface area contributed by atoms with Gasteiger partial charge in [-0.05, 0) is 61.8 Å². The summed E-state index contributed by atoms with van der Waals surface area (Å²) in [6.07, 6.45) is 6.20. The van der Waals surface area contributed by atoms with E-state index >= 15 is 0 Å². The van der Waals surface area contributed by atoms with Gasteiger partial charge >= 0.3 is 0 Å². The van der Waals surface area contributed by atoms with Crippen LogP contribution in [0.1, 0.15) is 66.7 Å². The molecule has 0 aromatic carbocycles. The van der Waals surface area contributed by atoms with Gasteiger partial charge in [0.2, 0.25) is 0 Å². The number of rotatable bonds is 6. The van der Waals surface area contributed by atoms with E-state index in [0.717, 1.165) is 31.3 Å². The predicted molar refractivity (Wildman–Crippen MR) is 83.2 cm³/mol. The zero-order valence-electron chi connectivity index (χ0n) is 13.7. The maximum absolute atomic E-state index is 9.84. The highest BCUT2D eigenvalue weighted by atomic mass is 16.3. The minimum atomic E-state index is -0.175. The van der Waals surface area contributed by atoms with Gasteiger partial charge in [0.15, 0.2) is 0 Å². The Morgan fingerprint density at radius 3 is 2.16 bits per heavy atom. The molecule has 0 bridgehead atoms. The largest absolute Gasteiger partial charge is 0.392 e. The first-order chi connectivity index (χ1) is 8.79. The average Bonchev–Trinajstić information content (AvgIpc) is 2.27. The highest BCUT2D eigenvalue weighted by Gasteiger charge is 2.29. The third-order valence-corrected chi connectivity index (χ3v) is 4.63. The van der Waals surface area contributed by atoms with Crippen molar-refractivity contribution in [1.29, 1.82) is 0 Å². The summed E-state index contributed by atoms with van der Waals surface area (Å²) in [5, 5.41) is 13.3. The number of hydrogen-bond acceptors (Lipinski definition) is 2. The summed E-state index contributed by atoms with van der Waals surface area (Å²) in [4.78, 5) is 0. The molecule has 2 N–H and O–H groups in total. The second kappa shape index (κ2) is 7.64. The number of hydrogen-bond donors (Lipinski definition) is 2. The summed E-state index contributed by atoms with van der Waals surface area (Å²) in [6.45, 7) is 13.3. The Bertz CT molecular complexity index is 236. The van der Waals surface area contributed by atoms with Gasteiger partial charge in [0.1, 0.15) is 0 Å². The molecule has 2 nitrogen and oxygen atoms in total. The van der Waals surface area contributed by atoms with Gasteiger partial charge in [-0.15, -0.1) is 0 Å². The van der Waals surface area contributed by atoms with Crippen molar-refractivity contribution in [3.63, 3.8) is 0 Å². The summed E-state index contributed by atoms with van der Waals surface area (Å²) in [6, 6.07) is 0. The molecule has 1 aliphatic carbocycles. The van der Waals surface area contributed by atoms with Gasteiger partial charge in [0, 0.05) is 6.54 Å². The molecule has 19 heavy (non-hydrogen) atoms. The summed E-state index contributed by atoms with van der Waals surface area (Å²) in [5.41, 5.74) is 0.478. The molecule has 0 heterocycles. The van der Waals surface area contributed by atoms with Gasteiger partial charge in [-0.2, -0.15) is 0 Å². The minimum absolute atomic E-state index is 0.175. The smallest absolute Gasteiger partial charge is 0.0667 e. The Balaban J connectivity index is 2.13. The lowest BCUT2D eigenvalue weighted by molar-refractivity contribution is 0.132. The van der Waals surface area contributed by atoms with Crippen LogP contribution in [-0.2, 0) is 0 Å². The number of aliphatic hydroxyl groups excluding tert-OH is 1. The second-order valence-corrected chi connectivity index (χ2v) is 8.03. The Labute approximate surface area is 120 Å². The fraction of sp³-hybridized carbons (Fsp3) is 1.00. The fourth-order valence-electron chi connectivity index (χ4n) is 3.31. The number of nitrogens with one attached hydrogen (secondary N) is 1. The van der Waals surface area contributed by atoms with E-state index in [0.29, 0.717) is 11.3 Å². The van der Waals surface area contributed by atoms with E-state index in [4.69, 9.17) is 0 Å². The van der Waals surface area contributed by atoms with Crippen molar-refractivity contribution in [2.45, 2.75) is 72.8 Å². The summed E-state index contributed by atoms with van der Waals surface area (Å²) in [5.74, 6) is 2.30. The van der Waals surface area contributed by atoms with Crippen LogP contribution in [-0.4, -0.2) is 24.3 Å². The van der Waals surface area contributed by atoms with E-state index in [1.165, 1.54) is 25.7 Å². The van der Waals surface area contributed by atoms with Gasteiger partial charge < -0.3 is 10.4 Å². The van der Waals surface area contributed by atoms with Crippen LogP contribution in [0.3, 0.4) is 0 Å². The molecule has 0 amide bonds. The van der Waals surface area contributed by atoms with Gasteiger partial charge in [0.05, 0.1) is 6.10 Å². The molecular formula is C17H35NO. The normalized spacial score (nSPS) is 26.7. The van der Waals surface area contributed by atoms with Crippen LogP contribution in [0, 0.1) is 23.2 Å². The zero-order valence-corrected chi connectivity index (χ0v) is 13.7. The van der Waals surface area contributed by atoms with Crippen molar-refractivity contribution < 1.29 is 5.11 Å². The summed E-state index contributed by atoms with van der Waals surface area (Å²) < 4.78 is 0. The third-order valence-electron chi connectivity index (χ3n) is 4.63. The van der Waals surface area contributed by atoms with Crippen molar-refractivity contribution in [2.24, 2.45) is 23.2 Å². The highest BCUT2D eigenvalue weighted by molar-refractivity contribution is 4.81. The Morgan fingerprint density at radius 1 is 1.11 bits per heavy atom. The highest BCUT2D eigenvalue weighted by Crippen LogP contribution is 2.39. The van der Waals surface area contributed by atoms with E-state index in [9.17, 15) is 5.11 Å². The molecular weight excluding hydrogens is 234 g/mol. The van der Waals surface area contributed by atoms with Crippen LogP contribution in [0.4, 0.5) is 0 Å². The van der Waals surface area contributed by atoms with Crippen LogP contribution < -0.4 is 5.32 Å². The van der Waals surface area contributed by atoms with Crippen LogP contribution >= 0.6 is 0 Å². The van der Waals surface area contributed by atoms with Crippen LogP contribution in [0.25, 0.3) is 0 Å².